The van der Waals surface area contributed by atoms with Crippen molar-refractivity contribution < 1.29 is 0 Å². The second-order valence-corrected chi connectivity index (χ2v) is 10.9. The van der Waals surface area contributed by atoms with Crippen LogP contribution in [0.3, 0.4) is 0 Å². The molecule has 0 radical (unpaired) electrons. The summed E-state index contributed by atoms with van der Waals surface area (Å²) in [6.07, 6.45) is 0. The minimum Gasteiger partial charge on any atom is -0.375 e. The number of fused-ring (bicyclic) bond motifs is 12. The fourth-order valence-electron chi connectivity index (χ4n) is 7.73. The van der Waals surface area contributed by atoms with E-state index in [1.165, 1.54) is 82.5 Å². The van der Waals surface area contributed by atoms with Crippen molar-refractivity contribution in [2.45, 2.75) is 0 Å². The van der Waals surface area contributed by atoms with Gasteiger partial charge in [-0.15, -0.1) is 0 Å². The van der Waals surface area contributed by atoms with E-state index >= 15 is 0 Å². The fraction of sp³-hybridized carbons (Fsp3) is 0. The van der Waals surface area contributed by atoms with Gasteiger partial charge in [-0.3, -0.25) is 0 Å². The van der Waals surface area contributed by atoms with Gasteiger partial charge in [0.2, 0.25) is 0 Å². The van der Waals surface area contributed by atoms with Crippen LogP contribution in [0.4, 0.5) is 0 Å². The van der Waals surface area contributed by atoms with Crippen LogP contribution in [0.5, 0.6) is 0 Å². The van der Waals surface area contributed by atoms with Gasteiger partial charge in [-0.05, 0) is 57.9 Å². The Morgan fingerprint density at radius 3 is 1.92 bits per heavy atom. The third kappa shape index (κ3) is 2.27. The van der Waals surface area contributed by atoms with E-state index in [2.05, 4.69) is 136 Å². The summed E-state index contributed by atoms with van der Waals surface area (Å²) in [4.78, 5) is 0. The summed E-state index contributed by atoms with van der Waals surface area (Å²) in [7, 11) is 0. The van der Waals surface area contributed by atoms with Gasteiger partial charge in [0.15, 0.2) is 0 Å². The predicted octanol–water partition coefficient (Wildman–Crippen LogP) is 7.51. The highest BCUT2D eigenvalue weighted by atomic mass is 15.0. The van der Waals surface area contributed by atoms with E-state index < -0.39 is 0 Å². The number of nitrogens with zero attached hydrogens (tertiary/aromatic N) is 2. The first-order chi connectivity index (χ1) is 19.4. The molecular weight excluding hydrogens is 471 g/mol. The maximum absolute atomic E-state index is 2.64. The Morgan fingerprint density at radius 2 is 1.05 bits per heavy atom. The highest BCUT2D eigenvalue weighted by Crippen LogP contribution is 2.44. The molecule has 2 nitrogen and oxygen atoms in total. The first-order valence-electron chi connectivity index (χ1n) is 13.7. The number of aromatic nitrogens is 2. The van der Waals surface area contributed by atoms with E-state index in [-0.39, 0.29) is 6.85 Å². The molecule has 0 atom stereocenters. The molecule has 0 spiro atoms. The number of hydrogen-bond donors (Lipinski definition) is 0. The maximum atomic E-state index is 2.64. The highest BCUT2D eigenvalue weighted by Gasteiger charge is 2.43. The van der Waals surface area contributed by atoms with Gasteiger partial charge < -0.3 is 9.05 Å². The van der Waals surface area contributed by atoms with Gasteiger partial charge in [0.05, 0.1) is 11.0 Å². The molecule has 178 valence electrons. The zero-order valence-corrected chi connectivity index (χ0v) is 21.1. The van der Waals surface area contributed by atoms with Crippen molar-refractivity contribution in [2.75, 3.05) is 0 Å². The van der Waals surface area contributed by atoms with Gasteiger partial charge in [-0.1, -0.05) is 97.1 Å². The van der Waals surface area contributed by atoms with Crippen LogP contribution in [0.25, 0.3) is 71.6 Å². The quantitative estimate of drug-likeness (QED) is 0.210. The molecule has 0 fully saturated rings. The van der Waals surface area contributed by atoms with Crippen LogP contribution >= 0.6 is 0 Å². The van der Waals surface area contributed by atoms with Gasteiger partial charge in [0, 0.05) is 43.8 Å². The lowest BCUT2D eigenvalue weighted by Gasteiger charge is -2.25. The molecule has 0 saturated carbocycles. The van der Waals surface area contributed by atoms with Crippen molar-refractivity contribution in [1.29, 1.82) is 0 Å². The Bertz CT molecular complexity index is 2340. The number of rotatable bonds is 1. The van der Waals surface area contributed by atoms with Crippen molar-refractivity contribution in [2.24, 2.45) is 0 Å². The SMILES string of the molecule is c1ccc(-n2c3ccccc3c3c4c(ccc32)-c2cccc3c2B4n2c4ccccc4c4cccc-3c42)cc1. The van der Waals surface area contributed by atoms with E-state index in [1.807, 2.05) is 0 Å². The van der Waals surface area contributed by atoms with Gasteiger partial charge in [-0.2, -0.15) is 0 Å². The van der Waals surface area contributed by atoms with Gasteiger partial charge in [0.25, 0.3) is 0 Å². The molecule has 0 bridgehead atoms. The van der Waals surface area contributed by atoms with Crippen molar-refractivity contribution in [1.82, 2.24) is 9.05 Å². The monoisotopic (exact) mass is 492 g/mol. The molecule has 3 heteroatoms. The summed E-state index contributed by atoms with van der Waals surface area (Å²) in [5.41, 5.74) is 14.7. The van der Waals surface area contributed by atoms with Crippen LogP contribution < -0.4 is 10.9 Å². The molecule has 0 unspecified atom stereocenters. The average Bonchev–Trinajstić information content (AvgIpc) is 3.63. The van der Waals surface area contributed by atoms with Crippen LogP contribution in [-0.4, -0.2) is 15.9 Å². The highest BCUT2D eigenvalue weighted by molar-refractivity contribution is 6.93. The zero-order valence-electron chi connectivity index (χ0n) is 21.1. The Kier molecular flexibility index (Phi) is 3.54. The lowest BCUT2D eigenvalue weighted by atomic mass is 9.49. The van der Waals surface area contributed by atoms with Crippen LogP contribution in [0, 0.1) is 0 Å². The normalized spacial score (nSPS) is 13.1. The molecule has 2 aliphatic rings. The van der Waals surface area contributed by atoms with Crippen molar-refractivity contribution >= 4 is 61.4 Å². The van der Waals surface area contributed by atoms with Gasteiger partial charge in [-0.25, -0.2) is 0 Å². The predicted molar refractivity (Wildman–Crippen MR) is 165 cm³/mol. The summed E-state index contributed by atoms with van der Waals surface area (Å²) in [6.45, 7) is 0.127. The molecule has 2 aliphatic heterocycles. The van der Waals surface area contributed by atoms with Crippen LogP contribution in [-0.2, 0) is 0 Å². The molecule has 2 aromatic heterocycles. The Labute approximate surface area is 225 Å². The summed E-state index contributed by atoms with van der Waals surface area (Å²) in [5, 5.41) is 5.35. The van der Waals surface area contributed by atoms with E-state index in [0.717, 1.165) is 0 Å². The minimum absolute atomic E-state index is 0.127. The van der Waals surface area contributed by atoms with Crippen molar-refractivity contribution in [3.63, 3.8) is 0 Å². The van der Waals surface area contributed by atoms with Crippen LogP contribution in [0.15, 0.2) is 127 Å². The fourth-order valence-corrected chi connectivity index (χ4v) is 7.73. The molecule has 0 amide bonds. The van der Waals surface area contributed by atoms with E-state index in [4.69, 9.17) is 0 Å². The molecule has 0 N–H and O–H groups in total. The van der Waals surface area contributed by atoms with Crippen LogP contribution in [0.2, 0.25) is 0 Å². The molecule has 10 rings (SSSR count). The van der Waals surface area contributed by atoms with E-state index in [9.17, 15) is 0 Å². The van der Waals surface area contributed by atoms with Crippen molar-refractivity contribution in [3.05, 3.63) is 127 Å². The van der Waals surface area contributed by atoms with E-state index in [0.29, 0.717) is 0 Å². The molecule has 39 heavy (non-hydrogen) atoms. The summed E-state index contributed by atoms with van der Waals surface area (Å²) in [6, 6.07) is 47.1. The summed E-state index contributed by atoms with van der Waals surface area (Å²) < 4.78 is 5.08. The van der Waals surface area contributed by atoms with Gasteiger partial charge in [0.1, 0.15) is 0 Å². The van der Waals surface area contributed by atoms with Crippen LogP contribution in [0.1, 0.15) is 0 Å². The molecule has 0 aliphatic carbocycles. The number of para-hydroxylation sites is 4. The topological polar surface area (TPSA) is 9.86 Å². The van der Waals surface area contributed by atoms with Gasteiger partial charge >= 0.3 is 6.85 Å². The first-order valence-corrected chi connectivity index (χ1v) is 13.7. The maximum Gasteiger partial charge on any atom is 0.330 e. The number of benzene rings is 6. The second-order valence-electron chi connectivity index (χ2n) is 10.9. The van der Waals surface area contributed by atoms with Crippen molar-refractivity contribution in [3.8, 4) is 27.9 Å². The first kappa shape index (κ1) is 20.0. The molecular formula is C36H21BN2. The molecule has 8 aromatic rings. The standard InChI is InChI=1S/C36H21BN2/c1-2-10-22(11-3-1)38-30-18-6-5-13-29(30)33-32(38)21-20-26-24-14-8-15-25-28-17-9-16-27-23-12-4-7-19-31(23)39(36(27)28)37(34(24)25)35(26)33/h1-21H. The molecule has 6 aromatic carbocycles. The summed E-state index contributed by atoms with van der Waals surface area (Å²) in [5.74, 6) is 0. The summed E-state index contributed by atoms with van der Waals surface area (Å²) >= 11 is 0. The Morgan fingerprint density at radius 1 is 0.410 bits per heavy atom. The van der Waals surface area contributed by atoms with E-state index in [1.54, 1.807) is 0 Å². The average molecular weight is 492 g/mol. The lowest BCUT2D eigenvalue weighted by molar-refractivity contribution is 1.18. The molecule has 4 heterocycles. The number of hydrogen-bond acceptors (Lipinski definition) is 0. The third-order valence-corrected chi connectivity index (χ3v) is 9.12. The Balaban J connectivity index is 1.44. The smallest absolute Gasteiger partial charge is 0.330 e. The minimum atomic E-state index is 0.127. The second kappa shape index (κ2) is 6.89. The Hall–Kier alpha value is -5.02. The largest absolute Gasteiger partial charge is 0.375 e. The molecule has 0 saturated heterocycles. The lowest BCUT2D eigenvalue weighted by Crippen LogP contribution is -2.48. The zero-order chi connectivity index (χ0) is 25.2. The third-order valence-electron chi connectivity index (χ3n) is 9.12.